The molecule has 0 saturated carbocycles. The average molecular weight is 316 g/mol. The summed E-state index contributed by atoms with van der Waals surface area (Å²) in [6.07, 6.45) is 1.78. The Morgan fingerprint density at radius 1 is 1.32 bits per heavy atom. The molecule has 2 atom stereocenters. The first-order valence-corrected chi connectivity index (χ1v) is 7.38. The molecule has 2 N–H and O–H groups in total. The number of nitrogens with zero attached hydrogens (tertiary/aromatic N) is 4. The molecule has 0 bridgehead atoms. The highest BCUT2D eigenvalue weighted by Gasteiger charge is 2.31. The molecule has 6 nitrogen and oxygen atoms in total. The summed E-state index contributed by atoms with van der Waals surface area (Å²) in [4.78, 5) is 12.7. The summed E-state index contributed by atoms with van der Waals surface area (Å²) >= 11 is 6.01. The van der Waals surface area contributed by atoms with Gasteiger partial charge >= 0.3 is 0 Å². The van der Waals surface area contributed by atoms with Crippen molar-refractivity contribution in [2.24, 2.45) is 7.05 Å². The molecule has 0 amide bonds. The number of rotatable bonds is 2. The number of aromatic nitrogens is 4. The van der Waals surface area contributed by atoms with Gasteiger partial charge in [-0.1, -0.05) is 24.3 Å². The van der Waals surface area contributed by atoms with Gasteiger partial charge in [0, 0.05) is 13.5 Å². The second-order valence-electron chi connectivity index (χ2n) is 5.46. The Labute approximate surface area is 131 Å². The first-order chi connectivity index (χ1) is 10.6. The minimum absolute atomic E-state index is 0.152. The maximum atomic E-state index is 10.4. The molecule has 0 fully saturated rings. The molecule has 7 heteroatoms. The van der Waals surface area contributed by atoms with Crippen LogP contribution in [-0.4, -0.2) is 30.7 Å². The number of hydrogen-bond acceptors (Lipinski definition) is 5. The monoisotopic (exact) mass is 315 g/mol. The lowest BCUT2D eigenvalue weighted by Crippen LogP contribution is -2.22. The van der Waals surface area contributed by atoms with E-state index in [2.05, 4.69) is 20.3 Å². The number of anilines is 1. The molecule has 2 heterocycles. The van der Waals surface area contributed by atoms with E-state index < -0.39 is 6.10 Å². The molecule has 4 rings (SSSR count). The standard InChI is InChI=1S/C15H14ClN5O/c1-21-7-17-12-13(19-15(16)20-14(12)21)18-11-9-5-3-2-4-8(9)6-10(11)22/h2-5,7,10-11,22H,6H2,1H3,(H,18,19,20)/t10-,11+/m0/s1. The minimum atomic E-state index is -0.509. The summed E-state index contributed by atoms with van der Waals surface area (Å²) in [7, 11) is 1.85. The number of halogens is 1. The fourth-order valence-corrected chi connectivity index (χ4v) is 3.14. The molecule has 1 aliphatic rings. The maximum Gasteiger partial charge on any atom is 0.226 e. The zero-order valence-corrected chi connectivity index (χ0v) is 12.6. The zero-order chi connectivity index (χ0) is 15.3. The van der Waals surface area contributed by atoms with Crippen molar-refractivity contribution in [3.63, 3.8) is 0 Å². The Hall–Kier alpha value is -2.18. The van der Waals surface area contributed by atoms with E-state index in [1.165, 1.54) is 0 Å². The van der Waals surface area contributed by atoms with Gasteiger partial charge in [0.15, 0.2) is 17.0 Å². The van der Waals surface area contributed by atoms with Crippen LogP contribution in [0.3, 0.4) is 0 Å². The second-order valence-corrected chi connectivity index (χ2v) is 5.80. The number of hydrogen-bond donors (Lipinski definition) is 2. The smallest absolute Gasteiger partial charge is 0.226 e. The van der Waals surface area contributed by atoms with Crippen LogP contribution in [0.2, 0.25) is 5.28 Å². The van der Waals surface area contributed by atoms with Crippen LogP contribution >= 0.6 is 11.6 Å². The third-order valence-electron chi connectivity index (χ3n) is 4.03. The third kappa shape index (κ3) is 2.03. The number of aliphatic hydroxyl groups excluding tert-OH is 1. The van der Waals surface area contributed by atoms with Gasteiger partial charge in [-0.25, -0.2) is 4.98 Å². The summed E-state index contributed by atoms with van der Waals surface area (Å²) in [5, 5.41) is 13.8. The topological polar surface area (TPSA) is 75.9 Å². The molecule has 0 unspecified atom stereocenters. The van der Waals surface area contributed by atoms with E-state index in [0.29, 0.717) is 23.4 Å². The Balaban J connectivity index is 1.78. The molecule has 22 heavy (non-hydrogen) atoms. The van der Waals surface area contributed by atoms with Crippen molar-refractivity contribution in [3.8, 4) is 0 Å². The van der Waals surface area contributed by atoms with Gasteiger partial charge in [0.05, 0.1) is 18.5 Å². The quantitative estimate of drug-likeness (QED) is 0.708. The summed E-state index contributed by atoms with van der Waals surface area (Å²) < 4.78 is 1.78. The fourth-order valence-electron chi connectivity index (χ4n) is 2.98. The Morgan fingerprint density at radius 2 is 2.14 bits per heavy atom. The molecular formula is C15H14ClN5O. The largest absolute Gasteiger partial charge is 0.390 e. The molecule has 3 aromatic rings. The van der Waals surface area contributed by atoms with Crippen molar-refractivity contribution in [1.29, 1.82) is 0 Å². The SMILES string of the molecule is Cn1cnc2c(N[C@@H]3c4ccccc4C[C@@H]3O)nc(Cl)nc21. The van der Waals surface area contributed by atoms with E-state index in [-0.39, 0.29) is 11.3 Å². The average Bonchev–Trinajstić information content (AvgIpc) is 3.01. The van der Waals surface area contributed by atoms with Crippen molar-refractivity contribution in [2.75, 3.05) is 5.32 Å². The number of aliphatic hydroxyl groups is 1. The van der Waals surface area contributed by atoms with Gasteiger partial charge in [0.2, 0.25) is 5.28 Å². The van der Waals surface area contributed by atoms with Crippen LogP contribution in [0.4, 0.5) is 5.82 Å². The summed E-state index contributed by atoms with van der Waals surface area (Å²) in [5.74, 6) is 0.538. The van der Waals surface area contributed by atoms with Crippen molar-refractivity contribution in [3.05, 3.63) is 47.0 Å². The van der Waals surface area contributed by atoms with E-state index in [1.54, 1.807) is 10.9 Å². The molecule has 0 radical (unpaired) electrons. The predicted octanol–water partition coefficient (Wildman–Crippen LogP) is 2.09. The summed E-state index contributed by atoms with van der Waals surface area (Å²) in [5.41, 5.74) is 3.52. The van der Waals surface area contributed by atoms with Crippen LogP contribution in [0.15, 0.2) is 30.6 Å². The van der Waals surface area contributed by atoms with E-state index >= 15 is 0 Å². The molecule has 0 spiro atoms. The first-order valence-electron chi connectivity index (χ1n) is 7.00. The summed E-state index contributed by atoms with van der Waals surface area (Å²) in [6.45, 7) is 0. The van der Waals surface area contributed by atoms with E-state index in [4.69, 9.17) is 11.6 Å². The van der Waals surface area contributed by atoms with E-state index in [1.807, 2.05) is 31.3 Å². The third-order valence-corrected chi connectivity index (χ3v) is 4.20. The Morgan fingerprint density at radius 3 is 3.00 bits per heavy atom. The van der Waals surface area contributed by atoms with E-state index in [0.717, 1.165) is 11.1 Å². The van der Waals surface area contributed by atoms with Crippen LogP contribution in [0.5, 0.6) is 0 Å². The Bertz CT molecular complexity index is 862. The molecule has 0 saturated heterocycles. The molecule has 1 aliphatic carbocycles. The van der Waals surface area contributed by atoms with Crippen molar-refractivity contribution >= 4 is 28.6 Å². The first kappa shape index (κ1) is 13.5. The number of aryl methyl sites for hydroxylation is 1. The van der Waals surface area contributed by atoms with Gasteiger partial charge in [-0.15, -0.1) is 0 Å². The number of imidazole rings is 1. The second kappa shape index (κ2) is 4.93. The van der Waals surface area contributed by atoms with Crippen LogP contribution in [-0.2, 0) is 13.5 Å². The van der Waals surface area contributed by atoms with Crippen LogP contribution in [0.25, 0.3) is 11.2 Å². The van der Waals surface area contributed by atoms with Crippen LogP contribution in [0.1, 0.15) is 17.2 Å². The molecule has 2 aromatic heterocycles. The molecule has 1 aromatic carbocycles. The number of fused-ring (bicyclic) bond motifs is 2. The van der Waals surface area contributed by atoms with Crippen molar-refractivity contribution in [2.45, 2.75) is 18.6 Å². The molecule has 0 aliphatic heterocycles. The van der Waals surface area contributed by atoms with Crippen molar-refractivity contribution < 1.29 is 5.11 Å². The van der Waals surface area contributed by atoms with Gasteiger partial charge in [0.25, 0.3) is 0 Å². The lowest BCUT2D eigenvalue weighted by Gasteiger charge is -2.18. The fraction of sp³-hybridized carbons (Fsp3) is 0.267. The van der Waals surface area contributed by atoms with Gasteiger partial charge in [-0.3, -0.25) is 0 Å². The van der Waals surface area contributed by atoms with Gasteiger partial charge in [0.1, 0.15) is 0 Å². The minimum Gasteiger partial charge on any atom is -0.390 e. The normalized spacial score (nSPS) is 20.3. The lowest BCUT2D eigenvalue weighted by atomic mass is 10.1. The number of benzene rings is 1. The van der Waals surface area contributed by atoms with Gasteiger partial charge in [-0.2, -0.15) is 9.97 Å². The van der Waals surface area contributed by atoms with Crippen molar-refractivity contribution in [1.82, 2.24) is 19.5 Å². The predicted molar refractivity (Wildman–Crippen MR) is 83.8 cm³/mol. The Kier molecular flexibility index (Phi) is 3.02. The molecular weight excluding hydrogens is 302 g/mol. The van der Waals surface area contributed by atoms with Crippen LogP contribution < -0.4 is 5.32 Å². The van der Waals surface area contributed by atoms with Gasteiger partial charge < -0.3 is 15.0 Å². The van der Waals surface area contributed by atoms with E-state index in [9.17, 15) is 5.11 Å². The lowest BCUT2D eigenvalue weighted by molar-refractivity contribution is 0.165. The zero-order valence-electron chi connectivity index (χ0n) is 11.9. The highest BCUT2D eigenvalue weighted by molar-refractivity contribution is 6.28. The maximum absolute atomic E-state index is 10.4. The highest BCUT2D eigenvalue weighted by Crippen LogP contribution is 2.35. The molecule has 112 valence electrons. The summed E-state index contributed by atoms with van der Waals surface area (Å²) in [6, 6.07) is 7.76. The van der Waals surface area contributed by atoms with Crippen LogP contribution in [0, 0.1) is 0 Å². The van der Waals surface area contributed by atoms with Gasteiger partial charge in [-0.05, 0) is 22.7 Å². The number of nitrogens with one attached hydrogen (secondary N) is 1. The highest BCUT2D eigenvalue weighted by atomic mass is 35.5.